The minimum absolute atomic E-state index is 0.236. The van der Waals surface area contributed by atoms with Crippen molar-refractivity contribution in [1.82, 2.24) is 4.98 Å². The number of benzene rings is 2. The van der Waals surface area contributed by atoms with Gasteiger partial charge >= 0.3 is 0 Å². The smallest absolute Gasteiger partial charge is 0.226 e. The third-order valence-electron chi connectivity index (χ3n) is 2.86. The minimum Gasteiger partial charge on any atom is -0.433 e. The van der Waals surface area contributed by atoms with Gasteiger partial charge in [0, 0.05) is 5.56 Å². The van der Waals surface area contributed by atoms with E-state index in [9.17, 15) is 4.79 Å². The second kappa shape index (κ2) is 4.90. The highest BCUT2D eigenvalue weighted by Crippen LogP contribution is 2.25. The molecule has 0 aliphatic carbocycles. The number of hydrogen-bond acceptors (Lipinski definition) is 3. The van der Waals surface area contributed by atoms with Crippen molar-refractivity contribution in [3.8, 4) is 22.6 Å². The molecule has 0 bridgehead atoms. The molecule has 3 heteroatoms. The van der Waals surface area contributed by atoms with Crippen molar-refractivity contribution in [2.24, 2.45) is 0 Å². The van der Waals surface area contributed by atoms with Crippen LogP contribution < -0.4 is 0 Å². The number of aldehydes is 1. The summed E-state index contributed by atoms with van der Waals surface area (Å²) in [4.78, 5) is 14.7. The Morgan fingerprint density at radius 2 is 1.63 bits per heavy atom. The van der Waals surface area contributed by atoms with Crippen LogP contribution in [0.5, 0.6) is 0 Å². The molecule has 2 aromatic carbocycles. The van der Waals surface area contributed by atoms with E-state index in [0.717, 1.165) is 16.7 Å². The fourth-order valence-corrected chi connectivity index (χ4v) is 1.94. The third-order valence-corrected chi connectivity index (χ3v) is 2.86. The van der Waals surface area contributed by atoms with Gasteiger partial charge in [0.25, 0.3) is 0 Å². The molecule has 19 heavy (non-hydrogen) atoms. The summed E-state index contributed by atoms with van der Waals surface area (Å²) in [7, 11) is 0. The van der Waals surface area contributed by atoms with Crippen LogP contribution in [0.2, 0.25) is 0 Å². The topological polar surface area (TPSA) is 43.1 Å². The highest BCUT2D eigenvalue weighted by molar-refractivity contribution is 5.73. The van der Waals surface area contributed by atoms with Gasteiger partial charge < -0.3 is 4.42 Å². The van der Waals surface area contributed by atoms with Crippen LogP contribution in [0, 0.1) is 0 Å². The van der Waals surface area contributed by atoms with Crippen molar-refractivity contribution in [3.63, 3.8) is 0 Å². The van der Waals surface area contributed by atoms with Gasteiger partial charge in [0.2, 0.25) is 5.89 Å². The first-order valence-electron chi connectivity index (χ1n) is 5.94. The fourth-order valence-electron chi connectivity index (χ4n) is 1.94. The monoisotopic (exact) mass is 249 g/mol. The van der Waals surface area contributed by atoms with Crippen molar-refractivity contribution in [2.75, 3.05) is 0 Å². The van der Waals surface area contributed by atoms with Crippen LogP contribution in [-0.2, 0) is 0 Å². The van der Waals surface area contributed by atoms with Gasteiger partial charge in [0.1, 0.15) is 0 Å². The standard InChI is InChI=1S/C16H11NO2/c18-11-15-10-17-16(19-15)14-8-4-7-13(9-14)12-5-2-1-3-6-12/h1-11H. The molecule has 1 heterocycles. The molecular weight excluding hydrogens is 238 g/mol. The summed E-state index contributed by atoms with van der Waals surface area (Å²) in [6, 6.07) is 18.0. The summed E-state index contributed by atoms with van der Waals surface area (Å²) >= 11 is 0. The Balaban J connectivity index is 2.02. The highest BCUT2D eigenvalue weighted by atomic mass is 16.4. The lowest BCUT2D eigenvalue weighted by Gasteiger charge is -2.03. The Labute approximate surface area is 110 Å². The largest absolute Gasteiger partial charge is 0.433 e. The number of hydrogen-bond donors (Lipinski definition) is 0. The average molecular weight is 249 g/mol. The molecule has 0 radical (unpaired) electrons. The zero-order chi connectivity index (χ0) is 13.1. The van der Waals surface area contributed by atoms with E-state index in [1.807, 2.05) is 54.6 Å². The van der Waals surface area contributed by atoms with Gasteiger partial charge in [-0.1, -0.05) is 42.5 Å². The first-order valence-corrected chi connectivity index (χ1v) is 5.94. The van der Waals surface area contributed by atoms with Crippen molar-refractivity contribution in [2.45, 2.75) is 0 Å². The van der Waals surface area contributed by atoms with Crippen molar-refractivity contribution in [1.29, 1.82) is 0 Å². The molecule has 0 atom stereocenters. The summed E-state index contributed by atoms with van der Waals surface area (Å²) < 4.78 is 5.33. The van der Waals surface area contributed by atoms with E-state index < -0.39 is 0 Å². The number of nitrogens with zero attached hydrogens (tertiary/aromatic N) is 1. The number of oxazole rings is 1. The maximum atomic E-state index is 10.6. The van der Waals surface area contributed by atoms with Gasteiger partial charge in [-0.15, -0.1) is 0 Å². The molecule has 0 fully saturated rings. The van der Waals surface area contributed by atoms with E-state index in [2.05, 4.69) is 4.98 Å². The maximum absolute atomic E-state index is 10.6. The van der Waals surface area contributed by atoms with Gasteiger partial charge in [-0.2, -0.15) is 0 Å². The number of carbonyl (C=O) groups excluding carboxylic acids is 1. The molecule has 3 rings (SSSR count). The lowest BCUT2D eigenvalue weighted by Crippen LogP contribution is -1.80. The van der Waals surface area contributed by atoms with Gasteiger partial charge in [-0.05, 0) is 23.3 Å². The number of aromatic nitrogens is 1. The van der Waals surface area contributed by atoms with E-state index in [-0.39, 0.29) is 5.76 Å². The van der Waals surface area contributed by atoms with Crippen LogP contribution >= 0.6 is 0 Å². The summed E-state index contributed by atoms with van der Waals surface area (Å²) in [5.41, 5.74) is 3.07. The summed E-state index contributed by atoms with van der Waals surface area (Å²) in [5, 5.41) is 0. The first-order chi connectivity index (χ1) is 9.36. The third kappa shape index (κ3) is 2.31. The van der Waals surface area contributed by atoms with E-state index in [1.165, 1.54) is 6.20 Å². The molecule has 1 aromatic heterocycles. The van der Waals surface area contributed by atoms with Crippen molar-refractivity contribution in [3.05, 3.63) is 66.6 Å². The van der Waals surface area contributed by atoms with Gasteiger partial charge in [-0.25, -0.2) is 4.98 Å². The maximum Gasteiger partial charge on any atom is 0.226 e. The van der Waals surface area contributed by atoms with Crippen LogP contribution in [0.1, 0.15) is 10.6 Å². The summed E-state index contributed by atoms with van der Waals surface area (Å²) in [5.74, 6) is 0.694. The normalized spacial score (nSPS) is 10.3. The highest BCUT2D eigenvalue weighted by Gasteiger charge is 2.07. The molecule has 0 saturated heterocycles. The van der Waals surface area contributed by atoms with E-state index in [4.69, 9.17) is 4.42 Å². The molecule has 0 aliphatic rings. The van der Waals surface area contributed by atoms with Crippen LogP contribution in [0.25, 0.3) is 22.6 Å². The van der Waals surface area contributed by atoms with Crippen LogP contribution in [0.4, 0.5) is 0 Å². The molecule has 0 spiro atoms. The van der Waals surface area contributed by atoms with Gasteiger partial charge in [0.05, 0.1) is 6.20 Å². The van der Waals surface area contributed by atoms with Crippen LogP contribution in [0.3, 0.4) is 0 Å². The number of rotatable bonds is 3. The van der Waals surface area contributed by atoms with Crippen molar-refractivity contribution >= 4 is 6.29 Å². The molecule has 0 aliphatic heterocycles. The molecule has 0 amide bonds. The predicted molar refractivity (Wildman–Crippen MR) is 72.8 cm³/mol. The second-order valence-corrected chi connectivity index (χ2v) is 4.13. The average Bonchev–Trinajstić information content (AvgIpc) is 2.97. The van der Waals surface area contributed by atoms with E-state index in [0.29, 0.717) is 12.2 Å². The number of carbonyl (C=O) groups is 1. The van der Waals surface area contributed by atoms with Crippen LogP contribution in [-0.4, -0.2) is 11.3 Å². The quantitative estimate of drug-likeness (QED) is 0.663. The van der Waals surface area contributed by atoms with Crippen LogP contribution in [0.15, 0.2) is 65.2 Å². The Kier molecular flexibility index (Phi) is 2.94. The predicted octanol–water partition coefficient (Wildman–Crippen LogP) is 3.82. The molecule has 0 saturated carbocycles. The molecule has 92 valence electrons. The van der Waals surface area contributed by atoms with E-state index in [1.54, 1.807) is 0 Å². The zero-order valence-corrected chi connectivity index (χ0v) is 10.1. The lowest BCUT2D eigenvalue weighted by molar-refractivity contribution is 0.110. The van der Waals surface area contributed by atoms with Gasteiger partial charge in [-0.3, -0.25) is 4.79 Å². The molecular formula is C16H11NO2. The lowest BCUT2D eigenvalue weighted by atomic mass is 10.0. The second-order valence-electron chi connectivity index (χ2n) is 4.13. The molecule has 3 nitrogen and oxygen atoms in total. The van der Waals surface area contributed by atoms with Gasteiger partial charge in [0.15, 0.2) is 12.0 Å². The Morgan fingerprint density at radius 1 is 0.895 bits per heavy atom. The zero-order valence-electron chi connectivity index (χ0n) is 10.1. The Hall–Kier alpha value is -2.68. The van der Waals surface area contributed by atoms with E-state index >= 15 is 0 Å². The Morgan fingerprint density at radius 3 is 2.37 bits per heavy atom. The summed E-state index contributed by atoms with van der Waals surface area (Å²) in [6.45, 7) is 0. The fraction of sp³-hybridized carbons (Fsp3) is 0. The molecule has 3 aromatic rings. The SMILES string of the molecule is O=Cc1cnc(-c2cccc(-c3ccccc3)c2)o1. The summed E-state index contributed by atoms with van der Waals surface area (Å²) in [6.07, 6.45) is 2.08. The molecule has 0 N–H and O–H groups in total. The first kappa shape index (κ1) is 11.4. The molecule has 0 unspecified atom stereocenters. The minimum atomic E-state index is 0.236. The van der Waals surface area contributed by atoms with Crippen molar-refractivity contribution < 1.29 is 9.21 Å². The Bertz CT molecular complexity index is 702.